The van der Waals surface area contributed by atoms with Crippen LogP contribution in [0.5, 0.6) is 0 Å². The van der Waals surface area contributed by atoms with Gasteiger partial charge in [0.15, 0.2) is 0 Å². The van der Waals surface area contributed by atoms with Crippen molar-refractivity contribution in [3.8, 4) is 0 Å². The summed E-state index contributed by atoms with van der Waals surface area (Å²) >= 11 is 0. The maximum atomic E-state index is 13.5. The van der Waals surface area contributed by atoms with Gasteiger partial charge in [-0.2, -0.15) is 17.6 Å². The Morgan fingerprint density at radius 1 is 0.875 bits per heavy atom. The second kappa shape index (κ2) is 4.17. The molecule has 0 N–H and O–H groups in total. The van der Waals surface area contributed by atoms with Crippen LogP contribution in [-0.4, -0.2) is 17.6 Å². The van der Waals surface area contributed by atoms with Crippen molar-refractivity contribution in [1.29, 1.82) is 0 Å². The average molecular weight is 244 g/mol. The minimum atomic E-state index is -4.47. The molecule has 1 nitrogen and oxygen atoms in total. The van der Waals surface area contributed by atoms with Gasteiger partial charge in [0.2, 0.25) is 0 Å². The van der Waals surface area contributed by atoms with Crippen LogP contribution in [0.15, 0.2) is 0 Å². The molecule has 0 saturated heterocycles. The number of rotatable bonds is 4. The van der Waals surface area contributed by atoms with Gasteiger partial charge in [0.05, 0.1) is 5.60 Å². The van der Waals surface area contributed by atoms with E-state index in [0.717, 1.165) is 20.8 Å². The highest BCUT2D eigenvalue weighted by Gasteiger charge is 2.65. The SMILES string of the molecule is CCC(C)(C)OC(F)(F)C(F)(F)C(C)(C)C. The summed E-state index contributed by atoms with van der Waals surface area (Å²) in [6.07, 6.45) is -4.24. The molecule has 0 heterocycles. The largest absolute Gasteiger partial charge is 0.420 e. The van der Waals surface area contributed by atoms with Crippen LogP contribution in [0.4, 0.5) is 17.6 Å². The predicted octanol–water partition coefficient (Wildman–Crippen LogP) is 4.47. The Kier molecular flexibility index (Phi) is 4.08. The lowest BCUT2D eigenvalue weighted by atomic mass is 9.87. The van der Waals surface area contributed by atoms with Crippen LogP contribution in [0.25, 0.3) is 0 Å². The van der Waals surface area contributed by atoms with E-state index in [4.69, 9.17) is 0 Å². The van der Waals surface area contributed by atoms with E-state index in [1.165, 1.54) is 13.8 Å². The summed E-state index contributed by atoms with van der Waals surface area (Å²) in [6.45, 7) is 7.50. The van der Waals surface area contributed by atoms with E-state index in [1.54, 1.807) is 6.92 Å². The van der Waals surface area contributed by atoms with Crippen molar-refractivity contribution in [2.45, 2.75) is 65.6 Å². The summed E-state index contributed by atoms with van der Waals surface area (Å²) in [5.41, 5.74) is -3.14. The zero-order chi connectivity index (χ0) is 13.4. The molecule has 0 aromatic rings. The third-order valence-electron chi connectivity index (χ3n) is 2.56. The molecule has 0 spiro atoms. The standard InChI is InChI=1S/C11H20F4O/c1-7-9(5,6)16-11(14,15)10(12,13)8(2,3)4/h7H2,1-6H3. The summed E-state index contributed by atoms with van der Waals surface area (Å²) in [5.74, 6) is -4.22. The van der Waals surface area contributed by atoms with E-state index in [9.17, 15) is 17.6 Å². The lowest BCUT2D eigenvalue weighted by Crippen LogP contribution is -2.54. The number of alkyl halides is 4. The van der Waals surface area contributed by atoms with Crippen molar-refractivity contribution < 1.29 is 22.3 Å². The molecule has 0 aliphatic rings. The molecule has 0 atom stereocenters. The van der Waals surface area contributed by atoms with Crippen LogP contribution in [0, 0.1) is 5.41 Å². The highest BCUT2D eigenvalue weighted by Crippen LogP contribution is 2.49. The summed E-state index contributed by atoms with van der Waals surface area (Å²) in [7, 11) is 0. The molecule has 0 amide bonds. The molecular weight excluding hydrogens is 224 g/mol. The second-order valence-corrected chi connectivity index (χ2v) is 5.56. The average Bonchev–Trinajstić information content (AvgIpc) is 2.00. The van der Waals surface area contributed by atoms with Gasteiger partial charge in [-0.15, -0.1) is 0 Å². The quantitative estimate of drug-likeness (QED) is 0.663. The smallest absolute Gasteiger partial charge is 0.310 e. The Morgan fingerprint density at radius 3 is 1.50 bits per heavy atom. The highest BCUT2D eigenvalue weighted by atomic mass is 19.3. The number of ether oxygens (including phenoxy) is 1. The molecule has 0 radical (unpaired) electrons. The van der Waals surface area contributed by atoms with Crippen LogP contribution in [0.3, 0.4) is 0 Å². The maximum Gasteiger partial charge on any atom is 0.420 e. The second-order valence-electron chi connectivity index (χ2n) is 5.56. The van der Waals surface area contributed by atoms with Crippen LogP contribution in [-0.2, 0) is 4.74 Å². The fraction of sp³-hybridized carbons (Fsp3) is 1.00. The normalized spacial score (nSPS) is 15.4. The molecule has 5 heteroatoms. The Bertz CT molecular complexity index is 241. The first-order valence-corrected chi connectivity index (χ1v) is 5.22. The van der Waals surface area contributed by atoms with Gasteiger partial charge in [-0.05, 0) is 20.3 Å². The van der Waals surface area contributed by atoms with E-state index < -0.39 is 23.0 Å². The molecule has 0 aliphatic carbocycles. The van der Waals surface area contributed by atoms with Gasteiger partial charge >= 0.3 is 12.0 Å². The first-order valence-electron chi connectivity index (χ1n) is 5.22. The molecule has 16 heavy (non-hydrogen) atoms. The van der Waals surface area contributed by atoms with E-state index in [1.807, 2.05) is 0 Å². The van der Waals surface area contributed by atoms with Crippen LogP contribution in [0.1, 0.15) is 48.0 Å². The summed E-state index contributed by atoms with van der Waals surface area (Å²) in [5, 5.41) is 0. The molecule has 0 bridgehead atoms. The first-order chi connectivity index (χ1) is 6.77. The van der Waals surface area contributed by atoms with Crippen molar-refractivity contribution in [2.24, 2.45) is 5.41 Å². The molecule has 0 aromatic carbocycles. The van der Waals surface area contributed by atoms with E-state index >= 15 is 0 Å². The number of hydrogen-bond donors (Lipinski definition) is 0. The zero-order valence-electron chi connectivity index (χ0n) is 10.6. The summed E-state index contributed by atoms with van der Waals surface area (Å²) < 4.78 is 58.1. The summed E-state index contributed by atoms with van der Waals surface area (Å²) in [6, 6.07) is 0. The monoisotopic (exact) mass is 244 g/mol. The van der Waals surface area contributed by atoms with Crippen LogP contribution < -0.4 is 0 Å². The lowest BCUT2D eigenvalue weighted by molar-refractivity contribution is -0.398. The van der Waals surface area contributed by atoms with Crippen molar-refractivity contribution in [3.63, 3.8) is 0 Å². The molecule has 0 aliphatic heterocycles. The maximum absolute atomic E-state index is 13.5. The van der Waals surface area contributed by atoms with Crippen molar-refractivity contribution in [2.75, 3.05) is 0 Å². The Hall–Kier alpha value is -0.320. The third kappa shape index (κ3) is 3.09. The minimum absolute atomic E-state index is 0.225. The van der Waals surface area contributed by atoms with Gasteiger partial charge in [-0.25, -0.2) is 0 Å². The minimum Gasteiger partial charge on any atom is -0.310 e. The van der Waals surface area contributed by atoms with Gasteiger partial charge in [-0.3, -0.25) is 0 Å². The Morgan fingerprint density at radius 2 is 1.25 bits per heavy atom. The van der Waals surface area contributed by atoms with Crippen molar-refractivity contribution in [1.82, 2.24) is 0 Å². The van der Waals surface area contributed by atoms with Gasteiger partial charge in [-0.1, -0.05) is 27.7 Å². The van der Waals surface area contributed by atoms with E-state index in [0.29, 0.717) is 0 Å². The third-order valence-corrected chi connectivity index (χ3v) is 2.56. The van der Waals surface area contributed by atoms with E-state index in [-0.39, 0.29) is 6.42 Å². The predicted molar refractivity (Wildman–Crippen MR) is 54.8 cm³/mol. The molecular formula is C11H20F4O. The van der Waals surface area contributed by atoms with E-state index in [2.05, 4.69) is 4.74 Å². The fourth-order valence-electron chi connectivity index (χ4n) is 0.920. The Balaban J connectivity index is 5.07. The topological polar surface area (TPSA) is 9.23 Å². The Labute approximate surface area is 94.2 Å². The lowest BCUT2D eigenvalue weighted by Gasteiger charge is -2.39. The van der Waals surface area contributed by atoms with Crippen molar-refractivity contribution in [3.05, 3.63) is 0 Å². The van der Waals surface area contributed by atoms with Gasteiger partial charge in [0.25, 0.3) is 0 Å². The van der Waals surface area contributed by atoms with Gasteiger partial charge < -0.3 is 4.74 Å². The van der Waals surface area contributed by atoms with Crippen molar-refractivity contribution >= 4 is 0 Å². The number of hydrogen-bond acceptors (Lipinski definition) is 1. The molecule has 0 saturated carbocycles. The van der Waals surface area contributed by atoms with Crippen LogP contribution >= 0.6 is 0 Å². The molecule has 0 aromatic heterocycles. The molecule has 98 valence electrons. The fourth-order valence-corrected chi connectivity index (χ4v) is 0.920. The van der Waals surface area contributed by atoms with Crippen LogP contribution in [0.2, 0.25) is 0 Å². The molecule has 0 rings (SSSR count). The highest BCUT2D eigenvalue weighted by molar-refractivity contribution is 4.90. The number of halogens is 4. The molecule has 0 unspecified atom stereocenters. The van der Waals surface area contributed by atoms with Gasteiger partial charge in [0, 0.05) is 5.41 Å². The first kappa shape index (κ1) is 15.7. The summed E-state index contributed by atoms with van der Waals surface area (Å²) in [4.78, 5) is 0. The zero-order valence-corrected chi connectivity index (χ0v) is 10.6. The van der Waals surface area contributed by atoms with Gasteiger partial charge in [0.1, 0.15) is 0 Å². The molecule has 0 fully saturated rings.